The van der Waals surface area contributed by atoms with E-state index < -0.39 is 0 Å². The second-order valence-corrected chi connectivity index (χ2v) is 7.34. The molecule has 0 spiro atoms. The minimum Gasteiger partial charge on any atom is -0.151 e. The Morgan fingerprint density at radius 1 is 1.09 bits per heavy atom. The van der Waals surface area contributed by atoms with E-state index >= 15 is 0 Å². The van der Waals surface area contributed by atoms with E-state index in [0.29, 0.717) is 0 Å². The molecule has 0 unspecified atom stereocenters. The first kappa shape index (κ1) is 12.2. The van der Waals surface area contributed by atoms with Crippen LogP contribution < -0.4 is 0 Å². The van der Waals surface area contributed by atoms with Crippen molar-refractivity contribution in [2.24, 2.45) is 0 Å². The van der Waals surface area contributed by atoms with Gasteiger partial charge in [-0.2, -0.15) is 25.3 Å². The number of halogens is 1. The van der Waals surface area contributed by atoms with Gasteiger partial charge in [0.1, 0.15) is 2.99 Å². The van der Waals surface area contributed by atoms with Crippen molar-refractivity contribution < 1.29 is 0 Å². The van der Waals surface area contributed by atoms with Crippen LogP contribution in [0.4, 0.5) is 0 Å². The van der Waals surface area contributed by atoms with E-state index in [1.54, 1.807) is 0 Å². The molecule has 0 saturated carbocycles. The van der Waals surface area contributed by atoms with Crippen molar-refractivity contribution in [3.8, 4) is 0 Å². The molecule has 11 heavy (non-hydrogen) atoms. The molecule has 0 aromatic carbocycles. The highest BCUT2D eigenvalue weighted by atomic mass is 79.9. The average molecular weight is 257 g/mol. The van der Waals surface area contributed by atoms with E-state index in [1.807, 2.05) is 0 Å². The molecule has 0 rings (SSSR count). The van der Waals surface area contributed by atoms with Gasteiger partial charge in [-0.25, -0.2) is 0 Å². The zero-order valence-corrected chi connectivity index (χ0v) is 10.4. The fourth-order valence-corrected chi connectivity index (χ4v) is 1.55. The maximum absolute atomic E-state index is 4.26. The molecular weight excluding hydrogens is 240 g/mol. The summed E-state index contributed by atoms with van der Waals surface area (Å²) in [4.78, 5) is 0. The molecule has 0 nitrogen and oxygen atoms in total. The molecule has 0 aliphatic rings. The lowest BCUT2D eigenvalue weighted by Gasteiger charge is -2.12. The Bertz CT molecular complexity index is 88.6. The highest BCUT2D eigenvalue weighted by Crippen LogP contribution is 2.33. The zero-order chi connectivity index (χ0) is 8.74. The maximum atomic E-state index is 4.26. The normalized spacial score (nSPS) is 12.0. The summed E-state index contributed by atoms with van der Waals surface area (Å²) in [5.74, 6) is 0. The van der Waals surface area contributed by atoms with Gasteiger partial charge < -0.3 is 0 Å². The molecular formula is C8H17BrS2. The van der Waals surface area contributed by atoms with Gasteiger partial charge >= 0.3 is 0 Å². The monoisotopic (exact) mass is 256 g/mol. The topological polar surface area (TPSA) is 0 Å². The van der Waals surface area contributed by atoms with E-state index in [0.717, 1.165) is 6.42 Å². The van der Waals surface area contributed by atoms with Gasteiger partial charge in [0.05, 0.1) is 0 Å². The average Bonchev–Trinajstić information content (AvgIpc) is 1.85. The number of thiol groups is 2. The second kappa shape index (κ2) is 6.67. The molecule has 0 saturated heterocycles. The first-order valence-corrected chi connectivity index (χ1v) is 5.88. The predicted octanol–water partition coefficient (Wildman–Crippen LogP) is 4.26. The van der Waals surface area contributed by atoms with Crippen molar-refractivity contribution in [3.05, 3.63) is 0 Å². The van der Waals surface area contributed by atoms with Gasteiger partial charge in [0.25, 0.3) is 0 Å². The van der Waals surface area contributed by atoms with Crippen LogP contribution in [0.1, 0.15) is 45.4 Å². The number of hydrogen-bond donors (Lipinski definition) is 2. The minimum absolute atomic E-state index is 0.251. The highest BCUT2D eigenvalue weighted by molar-refractivity contribution is 9.13. The van der Waals surface area contributed by atoms with Crippen LogP contribution in [-0.4, -0.2) is 2.99 Å². The number of rotatable bonds is 6. The standard InChI is InChI=1S/C8H17BrS2/c1-2-3-4-5-6-7-8(9,10)11/h10-11H,2-7H2,1H3. The van der Waals surface area contributed by atoms with Crippen molar-refractivity contribution in [3.63, 3.8) is 0 Å². The molecule has 0 aromatic heterocycles. The second-order valence-electron chi connectivity index (χ2n) is 2.88. The lowest BCUT2D eigenvalue weighted by atomic mass is 10.1. The first-order valence-electron chi connectivity index (χ1n) is 4.20. The summed E-state index contributed by atoms with van der Waals surface area (Å²) in [6.07, 6.45) is 7.57. The van der Waals surface area contributed by atoms with Crippen LogP contribution in [0.15, 0.2) is 0 Å². The van der Waals surface area contributed by atoms with E-state index in [-0.39, 0.29) is 2.99 Å². The Balaban J connectivity index is 3.02. The summed E-state index contributed by atoms with van der Waals surface area (Å²) in [6, 6.07) is 0. The van der Waals surface area contributed by atoms with Crippen LogP contribution in [0.2, 0.25) is 0 Å². The molecule has 0 heterocycles. The molecule has 0 atom stereocenters. The molecule has 0 amide bonds. The minimum atomic E-state index is -0.251. The van der Waals surface area contributed by atoms with E-state index in [4.69, 9.17) is 0 Å². The van der Waals surface area contributed by atoms with Crippen molar-refractivity contribution in [2.45, 2.75) is 48.4 Å². The Morgan fingerprint density at radius 2 is 1.64 bits per heavy atom. The van der Waals surface area contributed by atoms with Gasteiger partial charge in [-0.05, 0) is 6.42 Å². The van der Waals surface area contributed by atoms with Crippen LogP contribution in [0.5, 0.6) is 0 Å². The maximum Gasteiger partial charge on any atom is 0.110 e. The Kier molecular flexibility index (Phi) is 7.39. The van der Waals surface area contributed by atoms with E-state index in [2.05, 4.69) is 48.1 Å². The lowest BCUT2D eigenvalue weighted by molar-refractivity contribution is 0.619. The molecule has 3 heteroatoms. The van der Waals surface area contributed by atoms with Gasteiger partial charge in [-0.15, -0.1) is 0 Å². The quantitative estimate of drug-likeness (QED) is 0.302. The molecule has 0 fully saturated rings. The summed E-state index contributed by atoms with van der Waals surface area (Å²) in [5, 5.41) is 0. The van der Waals surface area contributed by atoms with Gasteiger partial charge in [0, 0.05) is 0 Å². The van der Waals surface area contributed by atoms with Crippen molar-refractivity contribution in [1.82, 2.24) is 0 Å². The third kappa shape index (κ3) is 11.2. The van der Waals surface area contributed by atoms with Crippen LogP contribution in [0.3, 0.4) is 0 Å². The molecule has 0 bridgehead atoms. The third-order valence-corrected chi connectivity index (χ3v) is 2.44. The van der Waals surface area contributed by atoms with Gasteiger partial charge in [-0.1, -0.05) is 55.0 Å². The summed E-state index contributed by atoms with van der Waals surface area (Å²) in [5.41, 5.74) is 0. The summed E-state index contributed by atoms with van der Waals surface area (Å²) >= 11 is 11.9. The molecule has 0 radical (unpaired) electrons. The fraction of sp³-hybridized carbons (Fsp3) is 1.00. The third-order valence-electron chi connectivity index (χ3n) is 1.60. The number of alkyl halides is 1. The Hall–Kier alpha value is 1.18. The zero-order valence-electron chi connectivity index (χ0n) is 7.02. The van der Waals surface area contributed by atoms with E-state index in [9.17, 15) is 0 Å². The fourth-order valence-electron chi connectivity index (χ4n) is 0.953. The largest absolute Gasteiger partial charge is 0.151 e. The Morgan fingerprint density at radius 3 is 2.09 bits per heavy atom. The number of unbranched alkanes of at least 4 members (excludes halogenated alkanes) is 4. The van der Waals surface area contributed by atoms with Crippen LogP contribution in [-0.2, 0) is 0 Å². The summed E-state index contributed by atoms with van der Waals surface area (Å²) in [7, 11) is 0. The van der Waals surface area contributed by atoms with Crippen molar-refractivity contribution in [1.29, 1.82) is 0 Å². The highest BCUT2D eigenvalue weighted by Gasteiger charge is 2.13. The molecule has 0 aromatic rings. The summed E-state index contributed by atoms with van der Waals surface area (Å²) in [6.45, 7) is 2.23. The number of hydrogen-bond acceptors (Lipinski definition) is 2. The molecule has 68 valence electrons. The smallest absolute Gasteiger partial charge is 0.110 e. The van der Waals surface area contributed by atoms with E-state index in [1.165, 1.54) is 32.1 Å². The van der Waals surface area contributed by atoms with Crippen LogP contribution >= 0.6 is 41.2 Å². The molecule has 0 aliphatic heterocycles. The van der Waals surface area contributed by atoms with Crippen LogP contribution in [0.25, 0.3) is 0 Å². The lowest BCUT2D eigenvalue weighted by Crippen LogP contribution is -2.00. The first-order chi connectivity index (χ1) is 5.06. The molecule has 0 N–H and O–H groups in total. The predicted molar refractivity (Wildman–Crippen MR) is 63.0 cm³/mol. The SMILES string of the molecule is CCCCCCCC(S)(S)Br. The van der Waals surface area contributed by atoms with Crippen molar-refractivity contribution >= 4 is 41.2 Å². The van der Waals surface area contributed by atoms with Gasteiger partial charge in [0.2, 0.25) is 0 Å². The van der Waals surface area contributed by atoms with Gasteiger partial charge in [-0.3, -0.25) is 0 Å². The van der Waals surface area contributed by atoms with Crippen LogP contribution in [0, 0.1) is 0 Å². The summed E-state index contributed by atoms with van der Waals surface area (Å²) < 4.78 is -0.251. The Labute approximate surface area is 89.5 Å². The van der Waals surface area contributed by atoms with Gasteiger partial charge in [0.15, 0.2) is 0 Å². The molecule has 0 aliphatic carbocycles. The van der Waals surface area contributed by atoms with Crippen molar-refractivity contribution in [2.75, 3.05) is 0 Å².